The SMILES string of the molecule is CCCS(=O)(=O)NC(=O)[C@@H](N)CC. The van der Waals surface area contributed by atoms with Crippen LogP contribution in [0.1, 0.15) is 26.7 Å². The van der Waals surface area contributed by atoms with Crippen LogP contribution in [0.4, 0.5) is 0 Å². The molecule has 5 nitrogen and oxygen atoms in total. The molecule has 78 valence electrons. The van der Waals surface area contributed by atoms with E-state index >= 15 is 0 Å². The Hall–Kier alpha value is -0.620. The predicted octanol–water partition coefficient (Wildman–Crippen LogP) is -0.420. The van der Waals surface area contributed by atoms with Crippen LogP contribution < -0.4 is 10.5 Å². The molecule has 0 fully saturated rings. The standard InChI is InChI=1S/C7H16N2O3S/c1-3-5-13(11,12)9-7(10)6(8)4-2/h6H,3-5,8H2,1-2H3,(H,9,10)/t6-/m0/s1. The topological polar surface area (TPSA) is 89.3 Å². The maximum Gasteiger partial charge on any atom is 0.250 e. The van der Waals surface area contributed by atoms with Crippen molar-refractivity contribution in [3.8, 4) is 0 Å². The fourth-order valence-corrected chi connectivity index (χ4v) is 1.83. The molecule has 13 heavy (non-hydrogen) atoms. The monoisotopic (exact) mass is 208 g/mol. The zero-order valence-electron chi connectivity index (χ0n) is 7.91. The van der Waals surface area contributed by atoms with Crippen LogP contribution in [0.25, 0.3) is 0 Å². The Kier molecular flexibility index (Phi) is 4.94. The van der Waals surface area contributed by atoms with E-state index in [2.05, 4.69) is 0 Å². The van der Waals surface area contributed by atoms with Gasteiger partial charge in [-0.1, -0.05) is 13.8 Å². The third kappa shape index (κ3) is 4.84. The maximum atomic E-state index is 11.1. The molecule has 1 amide bonds. The lowest BCUT2D eigenvalue weighted by Crippen LogP contribution is -2.43. The molecule has 0 saturated carbocycles. The first-order valence-corrected chi connectivity index (χ1v) is 5.88. The largest absolute Gasteiger partial charge is 0.320 e. The van der Waals surface area contributed by atoms with Crippen LogP contribution in [-0.2, 0) is 14.8 Å². The van der Waals surface area contributed by atoms with Crippen LogP contribution in [0.3, 0.4) is 0 Å². The fourth-order valence-electron chi connectivity index (χ4n) is 0.734. The number of carbonyl (C=O) groups is 1. The molecule has 0 aliphatic carbocycles. The number of nitrogens with one attached hydrogen (secondary N) is 1. The van der Waals surface area contributed by atoms with Crippen molar-refractivity contribution < 1.29 is 13.2 Å². The van der Waals surface area contributed by atoms with Crippen molar-refractivity contribution in [1.82, 2.24) is 4.72 Å². The van der Waals surface area contributed by atoms with Gasteiger partial charge in [0.25, 0.3) is 0 Å². The summed E-state index contributed by atoms with van der Waals surface area (Å²) in [4.78, 5) is 11.0. The summed E-state index contributed by atoms with van der Waals surface area (Å²) in [5, 5.41) is 0. The number of hydrogen-bond acceptors (Lipinski definition) is 4. The van der Waals surface area contributed by atoms with Crippen LogP contribution >= 0.6 is 0 Å². The Labute approximate surface area is 78.7 Å². The Balaban J connectivity index is 4.20. The number of sulfonamides is 1. The van der Waals surface area contributed by atoms with E-state index in [0.717, 1.165) is 0 Å². The zero-order valence-corrected chi connectivity index (χ0v) is 8.73. The van der Waals surface area contributed by atoms with E-state index in [1.807, 2.05) is 4.72 Å². The molecule has 0 bridgehead atoms. The van der Waals surface area contributed by atoms with Crippen molar-refractivity contribution in [3.63, 3.8) is 0 Å². The second kappa shape index (κ2) is 5.18. The Morgan fingerprint density at radius 2 is 2.00 bits per heavy atom. The van der Waals surface area contributed by atoms with Gasteiger partial charge in [0.1, 0.15) is 0 Å². The summed E-state index contributed by atoms with van der Waals surface area (Å²) in [6, 6.07) is -0.744. The van der Waals surface area contributed by atoms with Crippen LogP contribution in [0.2, 0.25) is 0 Å². The van der Waals surface area contributed by atoms with Crippen molar-refractivity contribution >= 4 is 15.9 Å². The first-order chi connectivity index (χ1) is 5.93. The molecule has 6 heteroatoms. The van der Waals surface area contributed by atoms with Gasteiger partial charge in [0.2, 0.25) is 15.9 Å². The molecule has 0 aliphatic rings. The first-order valence-electron chi connectivity index (χ1n) is 4.22. The summed E-state index contributed by atoms with van der Waals surface area (Å²) in [5.74, 6) is -0.675. The van der Waals surface area contributed by atoms with Gasteiger partial charge in [0, 0.05) is 0 Å². The molecule has 0 rings (SSSR count). The van der Waals surface area contributed by atoms with Gasteiger partial charge in [-0.3, -0.25) is 9.52 Å². The molecule has 0 saturated heterocycles. The number of carbonyl (C=O) groups excluding carboxylic acids is 1. The second-order valence-corrected chi connectivity index (χ2v) is 4.64. The van der Waals surface area contributed by atoms with Gasteiger partial charge < -0.3 is 5.73 Å². The Morgan fingerprint density at radius 1 is 1.46 bits per heavy atom. The summed E-state index contributed by atoms with van der Waals surface area (Å²) >= 11 is 0. The van der Waals surface area contributed by atoms with E-state index in [9.17, 15) is 13.2 Å². The lowest BCUT2D eigenvalue weighted by atomic mass is 10.2. The molecule has 0 aromatic carbocycles. The van der Waals surface area contributed by atoms with Gasteiger partial charge in [0.15, 0.2) is 0 Å². The minimum atomic E-state index is -3.47. The van der Waals surface area contributed by atoms with E-state index in [0.29, 0.717) is 12.8 Å². The normalized spacial score (nSPS) is 13.8. The van der Waals surface area contributed by atoms with Crippen LogP contribution in [-0.4, -0.2) is 26.1 Å². The summed E-state index contributed by atoms with van der Waals surface area (Å²) in [6.45, 7) is 3.44. The highest BCUT2D eigenvalue weighted by molar-refractivity contribution is 7.90. The number of rotatable bonds is 5. The third-order valence-corrected chi connectivity index (χ3v) is 2.96. The molecule has 1 atom stereocenters. The lowest BCUT2D eigenvalue weighted by Gasteiger charge is -2.09. The molecule has 0 unspecified atom stereocenters. The summed E-state index contributed by atoms with van der Waals surface area (Å²) in [7, 11) is -3.47. The first kappa shape index (κ1) is 12.4. The van der Waals surface area contributed by atoms with E-state index in [4.69, 9.17) is 5.73 Å². The second-order valence-electron chi connectivity index (χ2n) is 2.80. The Bertz CT molecular complexity index is 261. The number of amides is 1. The molecule has 0 spiro atoms. The highest BCUT2D eigenvalue weighted by atomic mass is 32.2. The average Bonchev–Trinajstić information content (AvgIpc) is 2.01. The van der Waals surface area contributed by atoms with Crippen LogP contribution in [0.5, 0.6) is 0 Å². The molecule has 0 aliphatic heterocycles. The molecule has 0 radical (unpaired) electrons. The number of hydrogen-bond donors (Lipinski definition) is 2. The zero-order chi connectivity index (χ0) is 10.5. The fraction of sp³-hybridized carbons (Fsp3) is 0.857. The van der Waals surface area contributed by atoms with Gasteiger partial charge in [0.05, 0.1) is 11.8 Å². The quantitative estimate of drug-likeness (QED) is 0.642. The highest BCUT2D eigenvalue weighted by Gasteiger charge is 2.17. The van der Waals surface area contributed by atoms with Gasteiger partial charge in [-0.2, -0.15) is 0 Å². The van der Waals surface area contributed by atoms with Crippen LogP contribution in [0.15, 0.2) is 0 Å². The lowest BCUT2D eigenvalue weighted by molar-refractivity contribution is -0.120. The molecule has 0 aromatic heterocycles. The predicted molar refractivity (Wildman–Crippen MR) is 50.5 cm³/mol. The van der Waals surface area contributed by atoms with Gasteiger partial charge in [-0.05, 0) is 12.8 Å². The summed E-state index contributed by atoms with van der Waals surface area (Å²) < 4.78 is 24.1. The molecule has 3 N–H and O–H groups in total. The van der Waals surface area contributed by atoms with Gasteiger partial charge in [-0.15, -0.1) is 0 Å². The summed E-state index contributed by atoms with van der Waals surface area (Å²) in [5.41, 5.74) is 5.34. The van der Waals surface area contributed by atoms with Gasteiger partial charge in [-0.25, -0.2) is 8.42 Å². The van der Waals surface area contributed by atoms with Crippen molar-refractivity contribution in [2.24, 2.45) is 5.73 Å². The highest BCUT2D eigenvalue weighted by Crippen LogP contribution is 1.92. The molecule has 0 aromatic rings. The van der Waals surface area contributed by atoms with E-state index in [-0.39, 0.29) is 5.75 Å². The van der Waals surface area contributed by atoms with E-state index in [1.54, 1.807) is 13.8 Å². The van der Waals surface area contributed by atoms with Gasteiger partial charge >= 0.3 is 0 Å². The summed E-state index contributed by atoms with van der Waals surface area (Å²) in [6.07, 6.45) is 0.900. The van der Waals surface area contributed by atoms with Crippen LogP contribution in [0, 0.1) is 0 Å². The van der Waals surface area contributed by atoms with Crippen molar-refractivity contribution in [2.45, 2.75) is 32.7 Å². The third-order valence-electron chi connectivity index (χ3n) is 1.51. The van der Waals surface area contributed by atoms with E-state index in [1.165, 1.54) is 0 Å². The van der Waals surface area contributed by atoms with E-state index < -0.39 is 22.0 Å². The smallest absolute Gasteiger partial charge is 0.250 e. The van der Waals surface area contributed by atoms with Crippen molar-refractivity contribution in [3.05, 3.63) is 0 Å². The minimum absolute atomic E-state index is 0.0465. The van der Waals surface area contributed by atoms with Crippen molar-refractivity contribution in [1.29, 1.82) is 0 Å². The number of nitrogens with two attached hydrogens (primary N) is 1. The molecule has 0 heterocycles. The average molecular weight is 208 g/mol. The maximum absolute atomic E-state index is 11.1. The minimum Gasteiger partial charge on any atom is -0.320 e. The molecular formula is C7H16N2O3S. The molecular weight excluding hydrogens is 192 g/mol. The van der Waals surface area contributed by atoms with Crippen molar-refractivity contribution in [2.75, 3.05) is 5.75 Å². The Morgan fingerprint density at radius 3 is 2.38 bits per heavy atom.